The topological polar surface area (TPSA) is 67.9 Å². The van der Waals surface area contributed by atoms with E-state index >= 15 is 0 Å². The summed E-state index contributed by atoms with van der Waals surface area (Å²) in [5.41, 5.74) is 4.28. The zero-order chi connectivity index (χ0) is 30.2. The van der Waals surface area contributed by atoms with Gasteiger partial charge in [-0.25, -0.2) is 0 Å². The zero-order valence-electron chi connectivity index (χ0n) is 24.1. The highest BCUT2D eigenvalue weighted by Crippen LogP contribution is 2.42. The second-order valence-electron chi connectivity index (χ2n) is 9.87. The first-order valence-corrected chi connectivity index (χ1v) is 15.5. The monoisotopic (exact) mass is 612 g/mol. The molecule has 2 amide bonds. The molecule has 0 aromatic heterocycles. The Hall–Kier alpha value is -4.20. The van der Waals surface area contributed by atoms with E-state index in [0.717, 1.165) is 33.0 Å². The fourth-order valence-corrected chi connectivity index (χ4v) is 6.06. The lowest BCUT2D eigenvalue weighted by Gasteiger charge is -2.30. The lowest BCUT2D eigenvalue weighted by Crippen LogP contribution is -2.33. The Bertz CT molecular complexity index is 1640. The van der Waals surface area contributed by atoms with Gasteiger partial charge in [-0.15, -0.1) is 0 Å². The third kappa shape index (κ3) is 7.61. The Kier molecular flexibility index (Phi) is 10.1. The molecule has 0 atom stereocenters. The van der Waals surface area contributed by atoms with Gasteiger partial charge < -0.3 is 19.7 Å². The minimum Gasteiger partial charge on any atom is -0.490 e. The third-order valence-corrected chi connectivity index (χ3v) is 8.15. The summed E-state index contributed by atoms with van der Waals surface area (Å²) in [7, 11) is 0. The van der Waals surface area contributed by atoms with Crippen LogP contribution in [0.1, 0.15) is 40.9 Å². The summed E-state index contributed by atoms with van der Waals surface area (Å²) < 4.78 is 11.3. The van der Waals surface area contributed by atoms with Crippen LogP contribution < -0.4 is 19.7 Å². The summed E-state index contributed by atoms with van der Waals surface area (Å²) in [4.78, 5) is 29.9. The Morgan fingerprint density at radius 1 is 0.884 bits per heavy atom. The summed E-state index contributed by atoms with van der Waals surface area (Å²) >= 11 is 7.65. The van der Waals surface area contributed by atoms with E-state index in [1.165, 1.54) is 11.8 Å². The molecule has 220 valence electrons. The summed E-state index contributed by atoms with van der Waals surface area (Å²) in [6.07, 6.45) is 2.53. The van der Waals surface area contributed by atoms with Crippen molar-refractivity contribution < 1.29 is 19.1 Å². The van der Waals surface area contributed by atoms with Crippen molar-refractivity contribution in [3.63, 3.8) is 0 Å². The number of benzene rings is 4. The largest absolute Gasteiger partial charge is 0.490 e. The maximum atomic E-state index is 13.6. The van der Waals surface area contributed by atoms with Crippen LogP contribution in [0, 0.1) is 0 Å². The van der Waals surface area contributed by atoms with E-state index in [9.17, 15) is 9.59 Å². The van der Waals surface area contributed by atoms with Crippen molar-refractivity contribution in [2.45, 2.75) is 31.7 Å². The maximum Gasteiger partial charge on any atom is 0.265 e. The second-order valence-corrected chi connectivity index (χ2v) is 11.4. The molecule has 0 radical (unpaired) electrons. The van der Waals surface area contributed by atoms with Crippen molar-refractivity contribution in [3.8, 4) is 11.5 Å². The number of thioether (sulfide) groups is 1. The molecule has 1 N–H and O–H groups in total. The molecule has 0 saturated carbocycles. The van der Waals surface area contributed by atoms with Crippen molar-refractivity contribution >= 4 is 46.9 Å². The first-order chi connectivity index (χ1) is 20.9. The van der Waals surface area contributed by atoms with Crippen LogP contribution in [0.2, 0.25) is 5.02 Å². The van der Waals surface area contributed by atoms with Gasteiger partial charge in [-0.1, -0.05) is 65.8 Å². The number of anilines is 1. The van der Waals surface area contributed by atoms with Crippen LogP contribution in [0.4, 0.5) is 5.69 Å². The molecule has 1 heterocycles. The van der Waals surface area contributed by atoms with E-state index < -0.39 is 0 Å². The molecule has 0 saturated heterocycles. The number of carbonyl (C=O) groups is 2. The first-order valence-electron chi connectivity index (χ1n) is 14.3. The molecule has 8 heteroatoms. The Balaban J connectivity index is 1.24. The second kappa shape index (κ2) is 14.3. The molecule has 5 rings (SSSR count). The van der Waals surface area contributed by atoms with Gasteiger partial charge in [-0.05, 0) is 91.6 Å². The summed E-state index contributed by atoms with van der Waals surface area (Å²) in [6.45, 7) is 5.89. The molecule has 0 unspecified atom stereocenters. The van der Waals surface area contributed by atoms with Gasteiger partial charge in [-0.2, -0.15) is 0 Å². The van der Waals surface area contributed by atoms with Crippen LogP contribution in [0.15, 0.2) is 101 Å². The van der Waals surface area contributed by atoms with E-state index in [4.69, 9.17) is 21.1 Å². The van der Waals surface area contributed by atoms with E-state index in [-0.39, 0.29) is 11.8 Å². The number of nitrogens with zero attached hydrogens (tertiary/aromatic N) is 1. The van der Waals surface area contributed by atoms with Crippen LogP contribution in [0.5, 0.6) is 11.5 Å². The number of amides is 2. The number of carbonyl (C=O) groups excluding carboxylic acids is 2. The Morgan fingerprint density at radius 2 is 1.65 bits per heavy atom. The van der Waals surface area contributed by atoms with Crippen LogP contribution in [0.25, 0.3) is 6.08 Å². The van der Waals surface area contributed by atoms with Crippen LogP contribution in [-0.4, -0.2) is 31.6 Å². The number of nitrogens with one attached hydrogen (secondary N) is 1. The maximum absolute atomic E-state index is 13.6. The molecular weight excluding hydrogens is 580 g/mol. The summed E-state index contributed by atoms with van der Waals surface area (Å²) in [5, 5.41) is 3.63. The number of hydrogen-bond donors (Lipinski definition) is 1. The fraction of sp³-hybridized carbons (Fsp3) is 0.200. The van der Waals surface area contributed by atoms with Crippen LogP contribution in [-0.2, 0) is 17.8 Å². The van der Waals surface area contributed by atoms with Crippen molar-refractivity contribution in [3.05, 3.63) is 123 Å². The normalized spacial score (nSPS) is 13.5. The SMILES string of the molecule is CCOc1ccc(CCNC(=O)c2ccc(C=C3Sc4ccccc4N(Cc4cccc(Cl)c4)C3=O)cc2)cc1OCC. The molecule has 0 aliphatic carbocycles. The van der Waals surface area contributed by atoms with Gasteiger partial charge in [0, 0.05) is 22.0 Å². The van der Waals surface area contributed by atoms with E-state index in [2.05, 4.69) is 5.32 Å². The molecule has 1 aliphatic heterocycles. The van der Waals surface area contributed by atoms with Gasteiger partial charge in [0.15, 0.2) is 11.5 Å². The molecule has 0 spiro atoms. The lowest BCUT2D eigenvalue weighted by molar-refractivity contribution is -0.114. The molecular formula is C35H33ClN2O4S. The number of hydrogen-bond acceptors (Lipinski definition) is 5. The Labute approximate surface area is 261 Å². The van der Waals surface area contributed by atoms with Gasteiger partial charge in [0.05, 0.1) is 30.4 Å². The highest BCUT2D eigenvalue weighted by atomic mass is 35.5. The van der Waals surface area contributed by atoms with Crippen molar-refractivity contribution in [1.29, 1.82) is 0 Å². The quantitative estimate of drug-likeness (QED) is 0.175. The minimum absolute atomic E-state index is 0.0766. The molecule has 4 aromatic carbocycles. The Morgan fingerprint density at radius 3 is 2.42 bits per heavy atom. The van der Waals surface area contributed by atoms with Gasteiger partial charge >= 0.3 is 0 Å². The highest BCUT2D eigenvalue weighted by molar-refractivity contribution is 8.04. The van der Waals surface area contributed by atoms with E-state index in [0.29, 0.717) is 54.0 Å². The number of fused-ring (bicyclic) bond motifs is 1. The van der Waals surface area contributed by atoms with Gasteiger partial charge in [-0.3, -0.25) is 9.59 Å². The lowest BCUT2D eigenvalue weighted by atomic mass is 10.1. The third-order valence-electron chi connectivity index (χ3n) is 6.84. The smallest absolute Gasteiger partial charge is 0.265 e. The van der Waals surface area contributed by atoms with Crippen LogP contribution in [0.3, 0.4) is 0 Å². The average Bonchev–Trinajstić information content (AvgIpc) is 3.01. The van der Waals surface area contributed by atoms with Gasteiger partial charge in [0.1, 0.15) is 0 Å². The molecule has 0 bridgehead atoms. The fourth-order valence-electron chi connectivity index (χ4n) is 4.79. The molecule has 1 aliphatic rings. The summed E-state index contributed by atoms with van der Waals surface area (Å²) in [6, 6.07) is 28.6. The van der Waals surface area contributed by atoms with Crippen LogP contribution >= 0.6 is 23.4 Å². The van der Waals surface area contributed by atoms with Crippen molar-refractivity contribution in [1.82, 2.24) is 5.32 Å². The predicted octanol–water partition coefficient (Wildman–Crippen LogP) is 7.79. The molecule has 4 aromatic rings. The molecule has 0 fully saturated rings. The standard InChI is InChI=1S/C35H33ClN2O4S/c1-3-41-30-17-14-25(21-31(30)42-4-2)18-19-37-34(39)27-15-12-24(13-16-27)22-33-35(40)38(23-26-8-7-9-28(36)20-26)29-10-5-6-11-32(29)43-33/h5-17,20-22H,3-4,18-19,23H2,1-2H3,(H,37,39). The van der Waals surface area contributed by atoms with Crippen molar-refractivity contribution in [2.24, 2.45) is 0 Å². The molecule has 43 heavy (non-hydrogen) atoms. The number of para-hydroxylation sites is 1. The molecule has 6 nitrogen and oxygen atoms in total. The summed E-state index contributed by atoms with van der Waals surface area (Å²) in [5.74, 6) is 1.20. The van der Waals surface area contributed by atoms with Gasteiger partial charge in [0.25, 0.3) is 11.8 Å². The number of ether oxygens (including phenoxy) is 2. The number of rotatable bonds is 11. The highest BCUT2D eigenvalue weighted by Gasteiger charge is 2.29. The van der Waals surface area contributed by atoms with E-state index in [1.807, 2.05) is 98.8 Å². The average molecular weight is 613 g/mol. The number of halogens is 1. The minimum atomic E-state index is -0.153. The van der Waals surface area contributed by atoms with Crippen molar-refractivity contribution in [2.75, 3.05) is 24.7 Å². The predicted molar refractivity (Wildman–Crippen MR) is 174 cm³/mol. The van der Waals surface area contributed by atoms with Gasteiger partial charge in [0.2, 0.25) is 0 Å². The first kappa shape index (κ1) is 30.3. The van der Waals surface area contributed by atoms with E-state index in [1.54, 1.807) is 17.0 Å². The zero-order valence-corrected chi connectivity index (χ0v) is 25.7.